The Labute approximate surface area is 196 Å². The van der Waals surface area contributed by atoms with E-state index in [1.54, 1.807) is 18.7 Å². The van der Waals surface area contributed by atoms with Crippen molar-refractivity contribution in [1.29, 1.82) is 0 Å². The summed E-state index contributed by atoms with van der Waals surface area (Å²) in [4.78, 5) is 38.3. The number of para-hydroxylation sites is 1. The number of benzene rings is 2. The molecule has 0 aliphatic heterocycles. The van der Waals surface area contributed by atoms with Gasteiger partial charge >= 0.3 is 0 Å². The zero-order valence-electron chi connectivity index (χ0n) is 17.8. The Kier molecular flexibility index (Phi) is 5.61. The lowest BCUT2D eigenvalue weighted by atomic mass is 10.2. The first-order valence-electron chi connectivity index (χ1n) is 10.1. The highest BCUT2D eigenvalue weighted by molar-refractivity contribution is 7.99. The molecule has 0 spiro atoms. The number of ether oxygens (including phenoxy) is 1. The number of anilines is 1. The van der Waals surface area contributed by atoms with Crippen molar-refractivity contribution < 1.29 is 9.53 Å². The molecule has 5 aromatic rings. The van der Waals surface area contributed by atoms with Gasteiger partial charge in [0.1, 0.15) is 16.8 Å². The van der Waals surface area contributed by atoms with Crippen LogP contribution in [0.1, 0.15) is 5.56 Å². The number of thiazole rings is 1. The molecule has 1 amide bonds. The molecule has 3 heterocycles. The first-order chi connectivity index (χ1) is 16.0. The van der Waals surface area contributed by atoms with Crippen molar-refractivity contribution in [3.63, 3.8) is 0 Å². The first kappa shape index (κ1) is 21.2. The number of thioether (sulfide) groups is 1. The molecule has 0 fully saturated rings. The van der Waals surface area contributed by atoms with Gasteiger partial charge < -0.3 is 15.0 Å². The summed E-state index contributed by atoms with van der Waals surface area (Å²) in [5, 5.41) is 6.32. The summed E-state index contributed by atoms with van der Waals surface area (Å²) < 4.78 is 7.04. The fraction of sp³-hybridized carbons (Fsp3) is 0.130. The number of rotatable bonds is 6. The van der Waals surface area contributed by atoms with E-state index in [2.05, 4.69) is 15.3 Å². The van der Waals surface area contributed by atoms with Crippen molar-refractivity contribution >= 4 is 56.1 Å². The lowest BCUT2D eigenvalue weighted by Crippen LogP contribution is -2.23. The maximum Gasteiger partial charge on any atom is 0.283 e. The lowest BCUT2D eigenvalue weighted by molar-refractivity contribution is -0.113. The van der Waals surface area contributed by atoms with E-state index in [0.29, 0.717) is 32.8 Å². The fourth-order valence-electron chi connectivity index (χ4n) is 3.60. The number of hydrogen-bond acceptors (Lipinski definition) is 7. The van der Waals surface area contributed by atoms with E-state index >= 15 is 0 Å². The Hall–Kier alpha value is -3.63. The number of carbonyl (C=O) groups is 1. The summed E-state index contributed by atoms with van der Waals surface area (Å²) in [6.07, 6.45) is 1.63. The van der Waals surface area contributed by atoms with Gasteiger partial charge in [0, 0.05) is 22.5 Å². The number of nitrogens with one attached hydrogen (secondary N) is 2. The van der Waals surface area contributed by atoms with Crippen LogP contribution in [0.5, 0.6) is 5.75 Å². The summed E-state index contributed by atoms with van der Waals surface area (Å²) in [6, 6.07) is 13.2. The van der Waals surface area contributed by atoms with Crippen LogP contribution in [-0.2, 0) is 4.79 Å². The second-order valence-corrected chi connectivity index (χ2v) is 9.12. The van der Waals surface area contributed by atoms with Gasteiger partial charge in [0.05, 0.1) is 18.6 Å². The van der Waals surface area contributed by atoms with Gasteiger partial charge in [-0.15, -0.1) is 11.3 Å². The van der Waals surface area contributed by atoms with Gasteiger partial charge in [0.2, 0.25) is 5.91 Å². The highest BCUT2D eigenvalue weighted by atomic mass is 32.2. The van der Waals surface area contributed by atoms with Gasteiger partial charge in [-0.05, 0) is 30.7 Å². The molecule has 0 saturated heterocycles. The topological polar surface area (TPSA) is 102 Å². The zero-order chi connectivity index (χ0) is 22.9. The summed E-state index contributed by atoms with van der Waals surface area (Å²) in [6.45, 7) is 1.94. The van der Waals surface area contributed by atoms with Crippen LogP contribution in [-0.4, -0.2) is 38.3 Å². The summed E-state index contributed by atoms with van der Waals surface area (Å²) in [7, 11) is 1.56. The van der Waals surface area contributed by atoms with Gasteiger partial charge in [0.25, 0.3) is 5.56 Å². The van der Waals surface area contributed by atoms with Gasteiger partial charge in [-0.1, -0.05) is 36.0 Å². The third kappa shape index (κ3) is 3.98. The minimum atomic E-state index is -0.261. The van der Waals surface area contributed by atoms with Crippen molar-refractivity contribution in [3.05, 3.63) is 70.0 Å². The van der Waals surface area contributed by atoms with E-state index in [1.807, 2.05) is 49.4 Å². The average Bonchev–Trinajstić information content (AvgIpc) is 3.46. The SMILES string of the molecule is COc1ccc(C)cc1-n1c(SCC(=O)Nc2nccs2)nc2c([nH]c3ccccc32)c1=O. The molecule has 33 heavy (non-hydrogen) atoms. The predicted molar refractivity (Wildman–Crippen MR) is 132 cm³/mol. The second-order valence-electron chi connectivity index (χ2n) is 7.28. The molecular weight excluding hydrogens is 458 g/mol. The van der Waals surface area contributed by atoms with Crippen molar-refractivity contribution in [2.45, 2.75) is 12.1 Å². The van der Waals surface area contributed by atoms with Crippen molar-refractivity contribution in [3.8, 4) is 11.4 Å². The minimum absolute atomic E-state index is 0.0635. The summed E-state index contributed by atoms with van der Waals surface area (Å²) in [5.41, 5.74) is 3.06. The quantitative estimate of drug-likeness (QED) is 0.278. The van der Waals surface area contributed by atoms with E-state index in [9.17, 15) is 9.59 Å². The highest BCUT2D eigenvalue weighted by Crippen LogP contribution is 2.30. The Balaban J connectivity index is 1.66. The number of aryl methyl sites for hydroxylation is 1. The van der Waals surface area contributed by atoms with Gasteiger partial charge in [-0.3, -0.25) is 9.59 Å². The number of amides is 1. The van der Waals surface area contributed by atoms with E-state index < -0.39 is 0 Å². The molecule has 0 bridgehead atoms. The Morgan fingerprint density at radius 3 is 2.91 bits per heavy atom. The number of aromatic nitrogens is 4. The molecule has 166 valence electrons. The molecule has 0 unspecified atom stereocenters. The van der Waals surface area contributed by atoms with E-state index in [4.69, 9.17) is 9.72 Å². The normalized spacial score (nSPS) is 11.2. The number of hydrogen-bond donors (Lipinski definition) is 2. The average molecular weight is 478 g/mol. The molecule has 2 aromatic carbocycles. The van der Waals surface area contributed by atoms with Crippen LogP contribution in [0.15, 0.2) is 64.0 Å². The first-order valence-corrected chi connectivity index (χ1v) is 11.9. The van der Waals surface area contributed by atoms with Crippen molar-refractivity contribution in [2.24, 2.45) is 0 Å². The standard InChI is InChI=1S/C23H19N5O3S2/c1-13-7-8-17(31-2)16(11-13)28-21(30)20-19(14-5-3-4-6-15(14)25-20)27-23(28)33-12-18(29)26-22-24-9-10-32-22/h3-11,25H,12H2,1-2H3,(H,24,26,29). The number of H-pyrrole nitrogens is 1. The number of nitrogens with zero attached hydrogens (tertiary/aromatic N) is 3. The minimum Gasteiger partial charge on any atom is -0.495 e. The zero-order valence-corrected chi connectivity index (χ0v) is 19.4. The maximum absolute atomic E-state index is 13.7. The Bertz CT molecular complexity index is 1540. The molecular formula is C23H19N5O3S2. The van der Waals surface area contributed by atoms with Gasteiger partial charge in [-0.25, -0.2) is 14.5 Å². The number of aromatic amines is 1. The van der Waals surface area contributed by atoms with Crippen LogP contribution < -0.4 is 15.6 Å². The van der Waals surface area contributed by atoms with E-state index in [1.165, 1.54) is 27.7 Å². The number of methoxy groups -OCH3 is 1. The fourth-order valence-corrected chi connectivity index (χ4v) is 4.94. The van der Waals surface area contributed by atoms with Crippen LogP contribution in [0.4, 0.5) is 5.13 Å². The van der Waals surface area contributed by atoms with E-state index in [0.717, 1.165) is 16.5 Å². The third-order valence-electron chi connectivity index (χ3n) is 5.08. The molecule has 2 N–H and O–H groups in total. The Morgan fingerprint density at radius 2 is 2.12 bits per heavy atom. The van der Waals surface area contributed by atoms with Crippen LogP contribution in [0.2, 0.25) is 0 Å². The molecule has 10 heteroatoms. The summed E-state index contributed by atoms with van der Waals surface area (Å²) in [5.74, 6) is 0.369. The maximum atomic E-state index is 13.7. The Morgan fingerprint density at radius 1 is 1.27 bits per heavy atom. The molecule has 3 aromatic heterocycles. The van der Waals surface area contributed by atoms with Gasteiger partial charge in [-0.2, -0.15) is 0 Å². The molecule has 0 radical (unpaired) electrons. The van der Waals surface area contributed by atoms with Crippen molar-refractivity contribution in [1.82, 2.24) is 19.5 Å². The second kappa shape index (κ2) is 8.72. The number of carbonyl (C=O) groups excluding carboxylic acids is 1. The monoisotopic (exact) mass is 477 g/mol. The largest absolute Gasteiger partial charge is 0.495 e. The molecule has 0 aliphatic rings. The van der Waals surface area contributed by atoms with Crippen LogP contribution >= 0.6 is 23.1 Å². The highest BCUT2D eigenvalue weighted by Gasteiger charge is 2.20. The molecule has 0 atom stereocenters. The third-order valence-corrected chi connectivity index (χ3v) is 6.71. The lowest BCUT2D eigenvalue weighted by Gasteiger charge is -2.15. The molecule has 0 aliphatic carbocycles. The molecule has 5 rings (SSSR count). The van der Waals surface area contributed by atoms with Crippen LogP contribution in [0, 0.1) is 6.92 Å². The predicted octanol–water partition coefficient (Wildman–Crippen LogP) is 4.37. The smallest absolute Gasteiger partial charge is 0.283 e. The molecule has 8 nitrogen and oxygen atoms in total. The van der Waals surface area contributed by atoms with Crippen molar-refractivity contribution in [2.75, 3.05) is 18.2 Å². The van der Waals surface area contributed by atoms with Crippen LogP contribution in [0.3, 0.4) is 0 Å². The van der Waals surface area contributed by atoms with Crippen LogP contribution in [0.25, 0.3) is 27.6 Å². The number of fused-ring (bicyclic) bond motifs is 3. The molecule has 0 saturated carbocycles. The summed E-state index contributed by atoms with van der Waals surface area (Å²) >= 11 is 2.53. The van der Waals surface area contributed by atoms with Gasteiger partial charge in [0.15, 0.2) is 10.3 Å². The van der Waals surface area contributed by atoms with E-state index in [-0.39, 0.29) is 17.2 Å².